The summed E-state index contributed by atoms with van der Waals surface area (Å²) in [7, 11) is 0. The number of nitrogens with zero attached hydrogens (tertiary/aromatic N) is 2. The summed E-state index contributed by atoms with van der Waals surface area (Å²) >= 11 is 0. The van der Waals surface area contributed by atoms with Gasteiger partial charge in [-0.25, -0.2) is 4.98 Å². The van der Waals surface area contributed by atoms with Crippen molar-refractivity contribution in [2.75, 3.05) is 17.2 Å². The van der Waals surface area contributed by atoms with Gasteiger partial charge in [0.2, 0.25) is 5.95 Å². The van der Waals surface area contributed by atoms with Crippen LogP contribution in [0.4, 0.5) is 36.3 Å². The van der Waals surface area contributed by atoms with Crippen LogP contribution >= 0.6 is 0 Å². The fraction of sp³-hybridized carbons (Fsp3) is 0.200. The molecule has 2 N–H and O–H groups in total. The number of halogens is 3. The lowest BCUT2D eigenvalue weighted by Gasteiger charge is -2.15. The van der Waals surface area contributed by atoms with Crippen molar-refractivity contribution in [3.8, 4) is 5.75 Å². The zero-order valence-electron chi connectivity index (χ0n) is 15.1. The first-order chi connectivity index (χ1) is 13.5. The topological polar surface area (TPSA) is 59.1 Å². The Morgan fingerprint density at radius 1 is 0.929 bits per heavy atom. The predicted molar refractivity (Wildman–Crippen MR) is 102 cm³/mol. The maximum Gasteiger partial charge on any atom is 0.421 e. The molecule has 0 saturated heterocycles. The van der Waals surface area contributed by atoms with Crippen LogP contribution in [0.1, 0.15) is 18.9 Å². The van der Waals surface area contributed by atoms with E-state index in [1.54, 1.807) is 54.6 Å². The third-order valence-corrected chi connectivity index (χ3v) is 3.71. The minimum Gasteiger partial charge on any atom is -0.494 e. The molecular formula is C20H19F3N4O. The highest BCUT2D eigenvalue weighted by atomic mass is 19.4. The first-order valence-corrected chi connectivity index (χ1v) is 8.72. The molecule has 0 aliphatic heterocycles. The summed E-state index contributed by atoms with van der Waals surface area (Å²) in [6.45, 7) is 2.63. The molecule has 0 amide bonds. The first-order valence-electron chi connectivity index (χ1n) is 8.72. The van der Waals surface area contributed by atoms with E-state index in [4.69, 9.17) is 4.74 Å². The Morgan fingerprint density at radius 2 is 1.61 bits per heavy atom. The molecule has 0 unspecified atom stereocenters. The summed E-state index contributed by atoms with van der Waals surface area (Å²) in [4.78, 5) is 7.82. The van der Waals surface area contributed by atoms with Crippen LogP contribution in [-0.2, 0) is 6.18 Å². The van der Waals surface area contributed by atoms with E-state index in [-0.39, 0.29) is 11.8 Å². The Bertz CT molecular complexity index is 900. The number of benzene rings is 2. The zero-order valence-corrected chi connectivity index (χ0v) is 15.1. The first kappa shape index (κ1) is 19.5. The highest BCUT2D eigenvalue weighted by molar-refractivity contribution is 5.63. The lowest BCUT2D eigenvalue weighted by atomic mass is 10.2. The molecule has 3 aromatic rings. The Labute approximate surface area is 160 Å². The van der Waals surface area contributed by atoms with Crippen molar-refractivity contribution >= 4 is 23.1 Å². The van der Waals surface area contributed by atoms with Crippen LogP contribution in [0.5, 0.6) is 5.75 Å². The van der Waals surface area contributed by atoms with Crippen LogP contribution in [-0.4, -0.2) is 16.6 Å². The molecule has 0 aliphatic rings. The molecule has 0 bridgehead atoms. The molecule has 0 saturated carbocycles. The smallest absolute Gasteiger partial charge is 0.421 e. The van der Waals surface area contributed by atoms with Gasteiger partial charge in [0.05, 0.1) is 6.61 Å². The number of aromatic nitrogens is 2. The minimum atomic E-state index is -4.58. The second-order valence-electron chi connectivity index (χ2n) is 5.94. The van der Waals surface area contributed by atoms with Crippen molar-refractivity contribution in [2.24, 2.45) is 0 Å². The van der Waals surface area contributed by atoms with Gasteiger partial charge < -0.3 is 15.4 Å². The molecule has 1 heterocycles. The third-order valence-electron chi connectivity index (χ3n) is 3.71. The second kappa shape index (κ2) is 8.60. The van der Waals surface area contributed by atoms with Gasteiger partial charge in [0.15, 0.2) is 0 Å². The van der Waals surface area contributed by atoms with Crippen molar-refractivity contribution in [3.05, 3.63) is 66.4 Å². The van der Waals surface area contributed by atoms with Crippen molar-refractivity contribution in [1.29, 1.82) is 0 Å². The zero-order chi connectivity index (χ0) is 20.0. The van der Waals surface area contributed by atoms with E-state index in [2.05, 4.69) is 20.6 Å². The molecule has 0 atom stereocenters. The standard InChI is InChI=1S/C20H19F3N4O/c1-2-12-28-16-10-8-15(9-11-16)26-19-24-13-17(20(21,22)23)18(27-19)25-14-6-4-3-5-7-14/h3-11,13H,2,12H2,1H3,(H2,24,25,26,27). The van der Waals surface area contributed by atoms with Gasteiger partial charge in [0.1, 0.15) is 17.1 Å². The highest BCUT2D eigenvalue weighted by Gasteiger charge is 2.35. The molecular weight excluding hydrogens is 369 g/mol. The van der Waals surface area contributed by atoms with Crippen LogP contribution in [0.15, 0.2) is 60.8 Å². The molecule has 1 aromatic heterocycles. The van der Waals surface area contributed by atoms with Crippen LogP contribution in [0.25, 0.3) is 0 Å². The van der Waals surface area contributed by atoms with Crippen LogP contribution in [0.2, 0.25) is 0 Å². The number of hydrogen-bond acceptors (Lipinski definition) is 5. The van der Waals surface area contributed by atoms with Gasteiger partial charge in [-0.1, -0.05) is 25.1 Å². The van der Waals surface area contributed by atoms with Crippen molar-refractivity contribution in [1.82, 2.24) is 9.97 Å². The predicted octanol–water partition coefficient (Wildman–Crippen LogP) is 5.77. The van der Waals surface area contributed by atoms with Gasteiger partial charge in [-0.3, -0.25) is 0 Å². The van der Waals surface area contributed by atoms with Gasteiger partial charge in [-0.05, 0) is 42.8 Å². The lowest BCUT2D eigenvalue weighted by molar-refractivity contribution is -0.137. The number of para-hydroxylation sites is 1. The average Bonchev–Trinajstić information content (AvgIpc) is 2.67. The monoisotopic (exact) mass is 388 g/mol. The van der Waals surface area contributed by atoms with Crippen LogP contribution in [0.3, 0.4) is 0 Å². The van der Waals surface area contributed by atoms with E-state index in [9.17, 15) is 13.2 Å². The Kier molecular flexibility index (Phi) is 5.98. The van der Waals surface area contributed by atoms with Crippen LogP contribution in [0, 0.1) is 0 Å². The minimum absolute atomic E-state index is 0.0497. The maximum absolute atomic E-state index is 13.3. The van der Waals surface area contributed by atoms with Crippen molar-refractivity contribution in [2.45, 2.75) is 19.5 Å². The fourth-order valence-corrected chi connectivity index (χ4v) is 2.39. The average molecular weight is 388 g/mol. The van der Waals surface area contributed by atoms with Gasteiger partial charge in [0.25, 0.3) is 0 Å². The lowest BCUT2D eigenvalue weighted by Crippen LogP contribution is -2.12. The molecule has 0 spiro atoms. The van der Waals surface area contributed by atoms with Crippen molar-refractivity contribution in [3.63, 3.8) is 0 Å². The number of hydrogen-bond donors (Lipinski definition) is 2. The van der Waals surface area contributed by atoms with E-state index in [0.29, 0.717) is 23.7 Å². The molecule has 2 aromatic carbocycles. The molecule has 0 radical (unpaired) electrons. The molecule has 3 rings (SSSR count). The number of ether oxygens (including phenoxy) is 1. The molecule has 5 nitrogen and oxygen atoms in total. The Balaban J connectivity index is 1.83. The van der Waals surface area contributed by atoms with E-state index in [0.717, 1.165) is 12.6 Å². The van der Waals surface area contributed by atoms with E-state index in [1.165, 1.54) is 0 Å². The summed E-state index contributed by atoms with van der Waals surface area (Å²) in [5.41, 5.74) is 0.189. The largest absolute Gasteiger partial charge is 0.494 e. The number of alkyl halides is 3. The Morgan fingerprint density at radius 3 is 2.25 bits per heavy atom. The maximum atomic E-state index is 13.3. The molecule has 8 heteroatoms. The molecule has 146 valence electrons. The van der Waals surface area contributed by atoms with Crippen LogP contribution < -0.4 is 15.4 Å². The van der Waals surface area contributed by atoms with E-state index in [1.807, 2.05) is 6.92 Å². The summed E-state index contributed by atoms with van der Waals surface area (Å²) in [6.07, 6.45) is -2.91. The van der Waals surface area contributed by atoms with E-state index >= 15 is 0 Å². The van der Waals surface area contributed by atoms with Gasteiger partial charge in [-0.2, -0.15) is 18.2 Å². The summed E-state index contributed by atoms with van der Waals surface area (Å²) in [6, 6.07) is 15.6. The van der Waals surface area contributed by atoms with Gasteiger partial charge in [0, 0.05) is 17.6 Å². The Hall–Kier alpha value is -3.29. The molecule has 0 aliphatic carbocycles. The summed E-state index contributed by atoms with van der Waals surface area (Å²) < 4.78 is 45.4. The fourth-order valence-electron chi connectivity index (χ4n) is 2.39. The number of nitrogens with one attached hydrogen (secondary N) is 2. The highest BCUT2D eigenvalue weighted by Crippen LogP contribution is 2.35. The SMILES string of the molecule is CCCOc1ccc(Nc2ncc(C(F)(F)F)c(Nc3ccccc3)n2)cc1. The molecule has 0 fully saturated rings. The van der Waals surface area contributed by atoms with Gasteiger partial charge in [-0.15, -0.1) is 0 Å². The molecule has 28 heavy (non-hydrogen) atoms. The second-order valence-corrected chi connectivity index (χ2v) is 5.94. The third kappa shape index (κ3) is 5.12. The number of anilines is 4. The number of rotatable bonds is 7. The normalized spacial score (nSPS) is 11.1. The summed E-state index contributed by atoms with van der Waals surface area (Å²) in [5, 5.41) is 5.61. The van der Waals surface area contributed by atoms with Crippen molar-refractivity contribution < 1.29 is 17.9 Å². The van der Waals surface area contributed by atoms with E-state index < -0.39 is 11.7 Å². The van der Waals surface area contributed by atoms with Gasteiger partial charge >= 0.3 is 6.18 Å². The quantitative estimate of drug-likeness (QED) is 0.538. The summed E-state index contributed by atoms with van der Waals surface area (Å²) in [5.74, 6) is 0.444.